The second-order valence-electron chi connectivity index (χ2n) is 3.47. The molecule has 1 heterocycles. The number of hydrogen-bond acceptors (Lipinski definition) is 4. The number of methoxy groups -OCH3 is 1. The van der Waals surface area contributed by atoms with Crippen LogP contribution in [-0.2, 0) is 4.74 Å². The van der Waals surface area contributed by atoms with Gasteiger partial charge in [0.2, 0.25) is 0 Å². The Kier molecular flexibility index (Phi) is 2.28. The Balaban J connectivity index is 2.76. The van der Waals surface area contributed by atoms with Crippen LogP contribution in [0.3, 0.4) is 0 Å². The summed E-state index contributed by atoms with van der Waals surface area (Å²) < 4.78 is 5.29. The van der Waals surface area contributed by atoms with Crippen LogP contribution in [-0.4, -0.2) is 43.2 Å². The predicted molar refractivity (Wildman–Crippen MR) is 49.1 cm³/mol. The first-order valence-corrected chi connectivity index (χ1v) is 4.09. The van der Waals surface area contributed by atoms with Gasteiger partial charge in [-0.05, 0) is 13.8 Å². The molecule has 4 heteroatoms. The summed E-state index contributed by atoms with van der Waals surface area (Å²) in [6, 6.07) is 0. The summed E-state index contributed by atoms with van der Waals surface area (Å²) in [7, 11) is 3.65. The number of guanidine groups is 1. The Morgan fingerprint density at radius 1 is 1.75 bits per heavy atom. The zero-order valence-electron chi connectivity index (χ0n) is 8.16. The van der Waals surface area contributed by atoms with E-state index in [2.05, 4.69) is 11.9 Å². The van der Waals surface area contributed by atoms with Gasteiger partial charge in [-0.25, -0.2) is 0 Å². The largest absolute Gasteiger partial charge is 0.379 e. The lowest BCUT2D eigenvalue weighted by Crippen LogP contribution is -2.54. The third-order valence-corrected chi connectivity index (χ3v) is 2.90. The lowest BCUT2D eigenvalue weighted by Gasteiger charge is -2.37. The standard InChI is InChI=1S/C8H17N3O/c1-6(12-4)8(2)5-10-7(9)11(8)3/h6H,5H2,1-4H3,(H2,9,10). The van der Waals surface area contributed by atoms with Crippen LogP contribution in [0.5, 0.6) is 0 Å². The summed E-state index contributed by atoms with van der Waals surface area (Å²) in [5.74, 6) is 0.599. The van der Waals surface area contributed by atoms with Crippen molar-refractivity contribution in [3.05, 3.63) is 0 Å². The summed E-state index contributed by atoms with van der Waals surface area (Å²) in [4.78, 5) is 6.15. The first-order valence-electron chi connectivity index (χ1n) is 4.09. The molecule has 0 radical (unpaired) electrons. The van der Waals surface area contributed by atoms with Crippen molar-refractivity contribution in [3.63, 3.8) is 0 Å². The highest BCUT2D eigenvalue weighted by molar-refractivity contribution is 5.80. The lowest BCUT2D eigenvalue weighted by atomic mass is 9.95. The molecule has 4 nitrogen and oxygen atoms in total. The third kappa shape index (κ3) is 1.16. The molecular weight excluding hydrogens is 154 g/mol. The summed E-state index contributed by atoms with van der Waals surface area (Å²) in [6.07, 6.45) is 0.132. The van der Waals surface area contributed by atoms with E-state index in [1.807, 2.05) is 18.9 Å². The fourth-order valence-electron chi connectivity index (χ4n) is 1.37. The minimum absolute atomic E-state index is 0.0845. The monoisotopic (exact) mass is 171 g/mol. The van der Waals surface area contributed by atoms with Crippen LogP contribution in [0.25, 0.3) is 0 Å². The Morgan fingerprint density at radius 3 is 2.67 bits per heavy atom. The molecule has 0 aromatic heterocycles. The Bertz CT molecular complexity index is 204. The number of hydrogen-bond donors (Lipinski definition) is 1. The van der Waals surface area contributed by atoms with Crippen LogP contribution in [0.2, 0.25) is 0 Å². The van der Waals surface area contributed by atoms with Crippen LogP contribution < -0.4 is 5.73 Å². The van der Waals surface area contributed by atoms with Gasteiger partial charge in [-0.3, -0.25) is 4.99 Å². The second kappa shape index (κ2) is 2.94. The summed E-state index contributed by atoms with van der Waals surface area (Å²) in [6.45, 7) is 4.85. The normalized spacial score (nSPS) is 32.0. The molecule has 12 heavy (non-hydrogen) atoms. The van der Waals surface area contributed by atoms with Crippen LogP contribution >= 0.6 is 0 Å². The fourth-order valence-corrected chi connectivity index (χ4v) is 1.37. The van der Waals surface area contributed by atoms with E-state index >= 15 is 0 Å². The smallest absolute Gasteiger partial charge is 0.191 e. The minimum atomic E-state index is -0.0845. The zero-order chi connectivity index (χ0) is 9.35. The predicted octanol–water partition coefficient (Wildman–Crippen LogP) is 0.0401. The van der Waals surface area contributed by atoms with Gasteiger partial charge < -0.3 is 15.4 Å². The van der Waals surface area contributed by atoms with Gasteiger partial charge in [-0.2, -0.15) is 0 Å². The van der Waals surface area contributed by atoms with Crippen molar-refractivity contribution in [1.82, 2.24) is 4.90 Å². The first kappa shape index (κ1) is 9.32. The van der Waals surface area contributed by atoms with Crippen LogP contribution in [0.4, 0.5) is 0 Å². The minimum Gasteiger partial charge on any atom is -0.379 e. The number of nitrogens with zero attached hydrogens (tertiary/aromatic N) is 2. The molecule has 2 atom stereocenters. The van der Waals surface area contributed by atoms with Crippen molar-refractivity contribution in [2.24, 2.45) is 10.7 Å². The van der Waals surface area contributed by atoms with Gasteiger partial charge in [-0.15, -0.1) is 0 Å². The van der Waals surface area contributed by atoms with Crippen molar-refractivity contribution in [3.8, 4) is 0 Å². The van der Waals surface area contributed by atoms with Crippen molar-refractivity contribution >= 4 is 5.96 Å². The molecule has 2 unspecified atom stereocenters. The Morgan fingerprint density at radius 2 is 2.33 bits per heavy atom. The highest BCUT2D eigenvalue weighted by Gasteiger charge is 2.40. The molecule has 1 rings (SSSR count). The van der Waals surface area contributed by atoms with E-state index < -0.39 is 0 Å². The first-order chi connectivity index (χ1) is 5.52. The maximum absolute atomic E-state index is 5.67. The summed E-state index contributed by atoms with van der Waals surface area (Å²) in [5, 5.41) is 0. The number of ether oxygens (including phenoxy) is 1. The molecular formula is C8H17N3O. The van der Waals surface area contributed by atoms with Gasteiger partial charge in [0.25, 0.3) is 0 Å². The van der Waals surface area contributed by atoms with E-state index in [0.29, 0.717) is 12.5 Å². The molecule has 0 saturated heterocycles. The SMILES string of the molecule is COC(C)C1(C)CN=C(N)N1C. The average Bonchev–Trinajstić information content (AvgIpc) is 2.33. The lowest BCUT2D eigenvalue weighted by molar-refractivity contribution is 0.0151. The quantitative estimate of drug-likeness (QED) is 0.638. The summed E-state index contributed by atoms with van der Waals surface area (Å²) in [5.41, 5.74) is 5.58. The Hall–Kier alpha value is -0.770. The van der Waals surface area contributed by atoms with Gasteiger partial charge >= 0.3 is 0 Å². The molecule has 0 spiro atoms. The molecule has 0 aromatic rings. The average molecular weight is 171 g/mol. The summed E-state index contributed by atoms with van der Waals surface area (Å²) >= 11 is 0. The molecule has 0 fully saturated rings. The van der Waals surface area contributed by atoms with Gasteiger partial charge in [0, 0.05) is 14.2 Å². The fraction of sp³-hybridized carbons (Fsp3) is 0.875. The third-order valence-electron chi connectivity index (χ3n) is 2.90. The molecule has 0 aliphatic carbocycles. The molecule has 1 aliphatic rings. The van der Waals surface area contributed by atoms with Crippen molar-refractivity contribution in [2.75, 3.05) is 20.7 Å². The van der Waals surface area contributed by atoms with Gasteiger partial charge in [-0.1, -0.05) is 0 Å². The molecule has 0 aromatic carbocycles. The molecule has 70 valence electrons. The van der Waals surface area contributed by atoms with E-state index in [1.54, 1.807) is 7.11 Å². The van der Waals surface area contributed by atoms with Gasteiger partial charge in [0.05, 0.1) is 18.2 Å². The van der Waals surface area contributed by atoms with Crippen LogP contribution in [0.1, 0.15) is 13.8 Å². The molecule has 2 N–H and O–H groups in total. The maximum atomic E-state index is 5.67. The van der Waals surface area contributed by atoms with E-state index in [-0.39, 0.29) is 11.6 Å². The van der Waals surface area contributed by atoms with Crippen molar-refractivity contribution < 1.29 is 4.74 Å². The van der Waals surface area contributed by atoms with E-state index in [1.165, 1.54) is 0 Å². The number of nitrogens with two attached hydrogens (primary N) is 1. The highest BCUT2D eigenvalue weighted by Crippen LogP contribution is 2.24. The van der Waals surface area contributed by atoms with Crippen LogP contribution in [0, 0.1) is 0 Å². The number of likely N-dealkylation sites (N-methyl/N-ethyl adjacent to an activating group) is 1. The second-order valence-corrected chi connectivity index (χ2v) is 3.47. The topological polar surface area (TPSA) is 50.9 Å². The maximum Gasteiger partial charge on any atom is 0.191 e. The van der Waals surface area contributed by atoms with E-state index in [0.717, 1.165) is 0 Å². The number of rotatable bonds is 2. The highest BCUT2D eigenvalue weighted by atomic mass is 16.5. The zero-order valence-corrected chi connectivity index (χ0v) is 8.16. The molecule has 0 saturated carbocycles. The molecule has 0 amide bonds. The van der Waals surface area contributed by atoms with Gasteiger partial charge in [0.1, 0.15) is 0 Å². The van der Waals surface area contributed by atoms with Gasteiger partial charge in [0.15, 0.2) is 5.96 Å². The molecule has 0 bridgehead atoms. The number of aliphatic imine (C=N–C) groups is 1. The molecule has 1 aliphatic heterocycles. The van der Waals surface area contributed by atoms with E-state index in [9.17, 15) is 0 Å². The van der Waals surface area contributed by atoms with Crippen molar-refractivity contribution in [1.29, 1.82) is 0 Å². The van der Waals surface area contributed by atoms with E-state index in [4.69, 9.17) is 10.5 Å². The van der Waals surface area contributed by atoms with Crippen LogP contribution in [0.15, 0.2) is 4.99 Å². The van der Waals surface area contributed by atoms with Crippen molar-refractivity contribution in [2.45, 2.75) is 25.5 Å². The Labute approximate surface area is 73.4 Å².